The highest BCUT2D eigenvalue weighted by Crippen LogP contribution is 2.40. The summed E-state index contributed by atoms with van der Waals surface area (Å²) >= 11 is 1.28. The number of hydrogen-bond acceptors (Lipinski definition) is 6. The number of thiazole rings is 1. The summed E-state index contributed by atoms with van der Waals surface area (Å²) in [5, 5.41) is 11.5. The predicted octanol–water partition coefficient (Wildman–Crippen LogP) is 4.02. The molecule has 1 atom stereocenters. The highest BCUT2D eigenvalue weighted by molar-refractivity contribution is 7.09. The number of nitrogens with zero attached hydrogens (tertiary/aromatic N) is 2. The maximum Gasteiger partial charge on any atom is 0.309 e. The lowest BCUT2D eigenvalue weighted by atomic mass is 9.70. The average Bonchev–Trinajstić information content (AvgIpc) is 2.98. The van der Waals surface area contributed by atoms with Crippen LogP contribution in [-0.2, 0) is 14.3 Å². The summed E-state index contributed by atoms with van der Waals surface area (Å²) in [6.45, 7) is 8.16. The molecule has 1 fully saturated rings. The summed E-state index contributed by atoms with van der Waals surface area (Å²) in [5.41, 5.74) is 1.04. The Balaban J connectivity index is 1.84. The zero-order valence-electron chi connectivity index (χ0n) is 15.4. The van der Waals surface area contributed by atoms with Crippen molar-refractivity contribution in [2.24, 2.45) is 17.3 Å². The Morgan fingerprint density at radius 1 is 1.36 bits per heavy atom. The molecule has 1 aliphatic carbocycles. The summed E-state index contributed by atoms with van der Waals surface area (Å²) in [6.07, 6.45) is 3.64. The summed E-state index contributed by atoms with van der Waals surface area (Å²) in [7, 11) is 0. The minimum absolute atomic E-state index is 0.131. The molecular weight excluding hydrogens is 336 g/mol. The van der Waals surface area contributed by atoms with E-state index in [1.54, 1.807) is 5.38 Å². The van der Waals surface area contributed by atoms with Crippen molar-refractivity contribution in [3.8, 4) is 6.07 Å². The van der Waals surface area contributed by atoms with E-state index < -0.39 is 11.7 Å². The number of aromatic nitrogens is 1. The van der Waals surface area contributed by atoms with Gasteiger partial charge in [-0.3, -0.25) is 9.59 Å². The number of nitriles is 1. The van der Waals surface area contributed by atoms with Gasteiger partial charge in [0.2, 0.25) is 0 Å². The number of ether oxygens (including phenoxy) is 1. The Bertz CT molecular complexity index is 661. The Morgan fingerprint density at radius 2 is 2.00 bits per heavy atom. The van der Waals surface area contributed by atoms with E-state index in [9.17, 15) is 14.9 Å². The second-order valence-electron chi connectivity index (χ2n) is 7.88. The van der Waals surface area contributed by atoms with Gasteiger partial charge in [0.05, 0.1) is 12.0 Å². The second-order valence-corrected chi connectivity index (χ2v) is 8.77. The van der Waals surface area contributed by atoms with Crippen LogP contribution in [0.15, 0.2) is 5.38 Å². The molecule has 1 heterocycles. The molecule has 1 aromatic heterocycles. The molecule has 6 heteroatoms. The lowest BCUT2D eigenvalue weighted by molar-refractivity contribution is -0.153. The summed E-state index contributed by atoms with van der Waals surface area (Å²) in [4.78, 5) is 28.6. The van der Waals surface area contributed by atoms with E-state index in [1.807, 2.05) is 13.0 Å². The molecule has 25 heavy (non-hydrogen) atoms. The molecule has 0 spiro atoms. The fraction of sp³-hybridized carbons (Fsp3) is 0.684. The van der Waals surface area contributed by atoms with Crippen molar-refractivity contribution in [1.82, 2.24) is 4.98 Å². The van der Waals surface area contributed by atoms with Crippen LogP contribution in [0.4, 0.5) is 0 Å². The van der Waals surface area contributed by atoms with Gasteiger partial charge in [0.1, 0.15) is 5.01 Å². The first-order chi connectivity index (χ1) is 11.7. The Morgan fingerprint density at radius 3 is 2.48 bits per heavy atom. The summed E-state index contributed by atoms with van der Waals surface area (Å²) in [6, 6.07) is 1.96. The summed E-state index contributed by atoms with van der Waals surface area (Å²) in [5.74, 6) is -1.19. The first-order valence-corrected chi connectivity index (χ1v) is 9.61. The molecule has 0 radical (unpaired) electrons. The monoisotopic (exact) mass is 362 g/mol. The van der Waals surface area contributed by atoms with Crippen LogP contribution < -0.4 is 0 Å². The number of carbonyl (C=O) groups is 2. The standard InChI is InChI=1S/C19H26N2O3S/c1-12-11-25-17(21-12)15(9-20)16(22)10-24-18(23)13-5-7-14(8-6-13)19(2,3)4/h11,13-15H,5-8,10H2,1-4H3/t13?,14?,15-/m1/s1. The zero-order valence-corrected chi connectivity index (χ0v) is 16.2. The van der Waals surface area contributed by atoms with Crippen molar-refractivity contribution in [3.63, 3.8) is 0 Å². The molecule has 5 nitrogen and oxygen atoms in total. The van der Waals surface area contributed by atoms with Crippen LogP contribution in [0.1, 0.15) is 63.1 Å². The first kappa shape index (κ1) is 19.6. The minimum atomic E-state index is -0.955. The smallest absolute Gasteiger partial charge is 0.309 e. The van der Waals surface area contributed by atoms with E-state index in [0.29, 0.717) is 10.9 Å². The number of esters is 1. The van der Waals surface area contributed by atoms with E-state index in [4.69, 9.17) is 4.74 Å². The molecule has 1 aromatic rings. The molecular formula is C19H26N2O3S. The van der Waals surface area contributed by atoms with Gasteiger partial charge in [-0.15, -0.1) is 11.3 Å². The van der Waals surface area contributed by atoms with E-state index in [-0.39, 0.29) is 23.9 Å². The minimum Gasteiger partial charge on any atom is -0.457 e. The Kier molecular flexibility index (Phi) is 6.34. The van der Waals surface area contributed by atoms with Crippen molar-refractivity contribution in [2.45, 2.75) is 59.3 Å². The molecule has 0 N–H and O–H groups in total. The van der Waals surface area contributed by atoms with Gasteiger partial charge in [-0.25, -0.2) is 4.98 Å². The third-order valence-electron chi connectivity index (χ3n) is 4.98. The third kappa shape index (κ3) is 5.12. The predicted molar refractivity (Wildman–Crippen MR) is 96.1 cm³/mol. The molecule has 0 amide bonds. The topological polar surface area (TPSA) is 80.0 Å². The highest BCUT2D eigenvalue weighted by Gasteiger charge is 2.33. The molecule has 1 aliphatic rings. The quantitative estimate of drug-likeness (QED) is 0.739. The fourth-order valence-electron chi connectivity index (χ4n) is 3.31. The number of rotatable bonds is 5. The molecule has 136 valence electrons. The molecule has 0 unspecified atom stereocenters. The van der Waals surface area contributed by atoms with Crippen LogP contribution in [0.5, 0.6) is 0 Å². The van der Waals surface area contributed by atoms with E-state index >= 15 is 0 Å². The van der Waals surface area contributed by atoms with Crippen LogP contribution in [0.25, 0.3) is 0 Å². The second kappa shape index (κ2) is 8.09. The molecule has 0 bridgehead atoms. The van der Waals surface area contributed by atoms with Crippen LogP contribution in [0, 0.1) is 35.5 Å². The first-order valence-electron chi connectivity index (χ1n) is 8.73. The van der Waals surface area contributed by atoms with Crippen molar-refractivity contribution in [3.05, 3.63) is 16.1 Å². The van der Waals surface area contributed by atoms with Gasteiger partial charge in [0, 0.05) is 11.1 Å². The van der Waals surface area contributed by atoms with Gasteiger partial charge >= 0.3 is 5.97 Å². The van der Waals surface area contributed by atoms with Gasteiger partial charge in [-0.1, -0.05) is 20.8 Å². The number of carbonyl (C=O) groups excluding carboxylic acids is 2. The number of hydrogen-bond donors (Lipinski definition) is 0. The van der Waals surface area contributed by atoms with Gasteiger partial charge in [-0.05, 0) is 43.9 Å². The van der Waals surface area contributed by atoms with Crippen molar-refractivity contribution < 1.29 is 14.3 Å². The van der Waals surface area contributed by atoms with E-state index in [2.05, 4.69) is 25.8 Å². The van der Waals surface area contributed by atoms with Crippen LogP contribution >= 0.6 is 11.3 Å². The van der Waals surface area contributed by atoms with Gasteiger partial charge in [0.25, 0.3) is 0 Å². The molecule has 2 rings (SSSR count). The SMILES string of the molecule is Cc1csc([C@H](C#N)C(=O)COC(=O)C2CCC(C(C)(C)C)CC2)n1. The van der Waals surface area contributed by atoms with Crippen LogP contribution in [0.3, 0.4) is 0 Å². The lowest BCUT2D eigenvalue weighted by Crippen LogP contribution is -2.30. The third-order valence-corrected chi connectivity index (χ3v) is 6.00. The van der Waals surface area contributed by atoms with Crippen LogP contribution in [0.2, 0.25) is 0 Å². The van der Waals surface area contributed by atoms with Gasteiger partial charge < -0.3 is 4.74 Å². The largest absolute Gasteiger partial charge is 0.457 e. The fourth-order valence-corrected chi connectivity index (χ4v) is 4.17. The van der Waals surface area contributed by atoms with Crippen molar-refractivity contribution in [1.29, 1.82) is 5.26 Å². The average molecular weight is 362 g/mol. The van der Waals surface area contributed by atoms with Gasteiger partial charge in [0.15, 0.2) is 18.3 Å². The molecule has 0 saturated heterocycles. The molecule has 1 saturated carbocycles. The normalized spacial score (nSPS) is 22.0. The lowest BCUT2D eigenvalue weighted by Gasteiger charge is -2.36. The maximum atomic E-state index is 12.2. The molecule has 0 aliphatic heterocycles. The van der Waals surface area contributed by atoms with Gasteiger partial charge in [-0.2, -0.15) is 5.26 Å². The summed E-state index contributed by atoms with van der Waals surface area (Å²) < 4.78 is 5.21. The van der Waals surface area contributed by atoms with Crippen molar-refractivity contribution >= 4 is 23.1 Å². The number of ketones is 1. The number of Topliss-reactive ketones (excluding diaryl/α,β-unsaturated/α-hetero) is 1. The number of aryl methyl sites for hydroxylation is 1. The van der Waals surface area contributed by atoms with Crippen molar-refractivity contribution in [2.75, 3.05) is 6.61 Å². The maximum absolute atomic E-state index is 12.2. The van der Waals surface area contributed by atoms with Crippen LogP contribution in [-0.4, -0.2) is 23.3 Å². The van der Waals surface area contributed by atoms with E-state index in [1.165, 1.54) is 11.3 Å². The Labute approximate surface area is 153 Å². The Hall–Kier alpha value is -1.74. The van der Waals surface area contributed by atoms with E-state index in [0.717, 1.165) is 31.4 Å². The zero-order chi connectivity index (χ0) is 18.6. The highest BCUT2D eigenvalue weighted by atomic mass is 32.1. The molecule has 0 aromatic carbocycles.